The maximum Gasteiger partial charge on any atom is 0.253 e. The van der Waals surface area contributed by atoms with Crippen LogP contribution in [0.25, 0.3) is 17.1 Å². The Morgan fingerprint density at radius 2 is 2.12 bits per heavy atom. The first-order valence-corrected chi connectivity index (χ1v) is 14.2. The number of amides is 1. The normalized spacial score (nSPS) is 21.3. The van der Waals surface area contributed by atoms with Crippen LogP contribution in [0.15, 0.2) is 69.1 Å². The van der Waals surface area contributed by atoms with E-state index in [9.17, 15) is 4.79 Å². The van der Waals surface area contributed by atoms with E-state index in [0.29, 0.717) is 5.75 Å². The van der Waals surface area contributed by atoms with Crippen LogP contribution in [0.3, 0.4) is 0 Å². The second kappa shape index (κ2) is 9.17. The van der Waals surface area contributed by atoms with Crippen LogP contribution in [-0.2, 0) is 4.79 Å². The van der Waals surface area contributed by atoms with E-state index in [1.807, 2.05) is 6.07 Å². The molecule has 6 rings (SSSR count). The monoisotopic (exact) mass is 504 g/mol. The highest BCUT2D eigenvalue weighted by atomic mass is 32.2. The molecule has 4 aromatic rings. The van der Waals surface area contributed by atoms with Crippen molar-refractivity contribution in [3.8, 4) is 0 Å². The molecule has 8 heteroatoms. The van der Waals surface area contributed by atoms with Gasteiger partial charge in [-0.3, -0.25) is 4.79 Å². The second-order valence-corrected chi connectivity index (χ2v) is 11.6. The molecule has 0 unspecified atom stereocenters. The fraction of sp³-hybridized carbons (Fsp3) is 0.269. The lowest BCUT2D eigenvalue weighted by molar-refractivity contribution is -0.130. The Labute approximate surface area is 210 Å². The van der Waals surface area contributed by atoms with Crippen LogP contribution < -0.4 is 0 Å². The lowest BCUT2D eigenvalue weighted by Crippen LogP contribution is -2.32. The van der Waals surface area contributed by atoms with E-state index >= 15 is 0 Å². The van der Waals surface area contributed by atoms with Gasteiger partial charge in [-0.2, -0.15) is 5.10 Å². The number of H-pyrrole nitrogens is 1. The molecule has 3 aromatic heterocycles. The number of nitrogens with one attached hydrogen (secondary N) is 1. The predicted octanol–water partition coefficient (Wildman–Crippen LogP) is 6.91. The zero-order valence-electron chi connectivity index (χ0n) is 18.7. The van der Waals surface area contributed by atoms with Crippen molar-refractivity contribution < 1.29 is 4.79 Å². The fourth-order valence-electron chi connectivity index (χ4n) is 4.85. The van der Waals surface area contributed by atoms with Crippen molar-refractivity contribution in [3.05, 3.63) is 74.1 Å². The van der Waals surface area contributed by atoms with Gasteiger partial charge in [-0.05, 0) is 78.4 Å². The SMILES string of the molecule is Cc1ccc2nc(SCC(=O)N3N=C4/C(=C\c5cccs5)CCC[C@H]4[C@@H]3c3cccs3)[nH]c2c1. The number of nitrogens with zero attached hydrogens (tertiary/aromatic N) is 3. The first kappa shape index (κ1) is 21.8. The van der Waals surface area contributed by atoms with Gasteiger partial charge in [-0.15, -0.1) is 22.7 Å². The molecular formula is C26H24N4OS3. The van der Waals surface area contributed by atoms with Gasteiger partial charge in [-0.25, -0.2) is 9.99 Å². The van der Waals surface area contributed by atoms with E-state index in [4.69, 9.17) is 5.10 Å². The Hall–Kier alpha value is -2.68. The summed E-state index contributed by atoms with van der Waals surface area (Å²) >= 11 is 4.90. The van der Waals surface area contributed by atoms with Crippen LogP contribution >= 0.6 is 34.4 Å². The number of carbonyl (C=O) groups is 1. The first-order valence-electron chi connectivity index (χ1n) is 11.4. The minimum Gasteiger partial charge on any atom is -0.333 e. The lowest BCUT2D eigenvalue weighted by atomic mass is 9.79. The molecule has 0 spiro atoms. The van der Waals surface area contributed by atoms with Crippen molar-refractivity contribution >= 4 is 63.2 Å². The lowest BCUT2D eigenvalue weighted by Gasteiger charge is -2.28. The molecule has 0 saturated heterocycles. The van der Waals surface area contributed by atoms with E-state index in [-0.39, 0.29) is 17.9 Å². The molecule has 1 aliphatic heterocycles. The van der Waals surface area contributed by atoms with E-state index < -0.39 is 0 Å². The van der Waals surface area contributed by atoms with Gasteiger partial charge in [0, 0.05) is 15.7 Å². The van der Waals surface area contributed by atoms with Crippen molar-refractivity contribution in [2.45, 2.75) is 37.4 Å². The predicted molar refractivity (Wildman–Crippen MR) is 143 cm³/mol. The number of aryl methyl sites for hydroxylation is 1. The Morgan fingerprint density at radius 3 is 2.94 bits per heavy atom. The van der Waals surface area contributed by atoms with Crippen molar-refractivity contribution in [3.63, 3.8) is 0 Å². The molecule has 2 aliphatic rings. The third-order valence-electron chi connectivity index (χ3n) is 6.40. The van der Waals surface area contributed by atoms with Crippen LogP contribution in [0, 0.1) is 12.8 Å². The molecule has 5 nitrogen and oxygen atoms in total. The Kier molecular flexibility index (Phi) is 5.89. The molecule has 1 aromatic carbocycles. The molecule has 1 aliphatic carbocycles. The van der Waals surface area contributed by atoms with Crippen molar-refractivity contribution in [2.75, 3.05) is 5.75 Å². The number of rotatable bonds is 5. The van der Waals surface area contributed by atoms with E-state index in [1.54, 1.807) is 27.7 Å². The third kappa shape index (κ3) is 4.15. The minimum atomic E-state index is -0.0199. The van der Waals surface area contributed by atoms with Gasteiger partial charge in [-0.1, -0.05) is 30.0 Å². The molecule has 0 radical (unpaired) electrons. The number of aromatic nitrogens is 2. The summed E-state index contributed by atoms with van der Waals surface area (Å²) in [5.41, 5.74) is 5.48. The van der Waals surface area contributed by atoms with Crippen LogP contribution in [0.1, 0.15) is 40.6 Å². The summed E-state index contributed by atoms with van der Waals surface area (Å²) in [6.45, 7) is 2.06. The largest absolute Gasteiger partial charge is 0.333 e. The van der Waals surface area contributed by atoms with Crippen LogP contribution in [0.4, 0.5) is 0 Å². The zero-order valence-corrected chi connectivity index (χ0v) is 21.2. The molecule has 4 heterocycles. The number of hydrogen-bond acceptors (Lipinski definition) is 6. The molecule has 34 heavy (non-hydrogen) atoms. The number of benzene rings is 1. The van der Waals surface area contributed by atoms with E-state index in [1.165, 1.54) is 32.7 Å². The van der Waals surface area contributed by atoms with Gasteiger partial charge in [0.1, 0.15) is 0 Å². The Balaban J connectivity index is 1.27. The molecule has 1 amide bonds. The van der Waals surface area contributed by atoms with Crippen molar-refractivity contribution in [2.24, 2.45) is 11.0 Å². The molecule has 172 valence electrons. The van der Waals surface area contributed by atoms with Gasteiger partial charge in [0.05, 0.1) is 28.5 Å². The molecule has 0 bridgehead atoms. The number of carbonyl (C=O) groups excluding carboxylic acids is 1. The van der Waals surface area contributed by atoms with Gasteiger partial charge in [0.2, 0.25) is 0 Å². The Bertz CT molecular complexity index is 1380. The summed E-state index contributed by atoms with van der Waals surface area (Å²) < 4.78 is 0. The molecule has 1 fully saturated rings. The highest BCUT2D eigenvalue weighted by molar-refractivity contribution is 7.99. The summed E-state index contributed by atoms with van der Waals surface area (Å²) in [5.74, 6) is 0.577. The summed E-state index contributed by atoms with van der Waals surface area (Å²) in [6.07, 6.45) is 5.46. The number of hydrazone groups is 1. The number of thiophene rings is 2. The number of aromatic amines is 1. The highest BCUT2D eigenvalue weighted by Crippen LogP contribution is 2.46. The molecule has 1 saturated carbocycles. The number of thioether (sulfide) groups is 1. The maximum absolute atomic E-state index is 13.5. The Morgan fingerprint density at radius 1 is 1.24 bits per heavy atom. The average molecular weight is 505 g/mol. The summed E-state index contributed by atoms with van der Waals surface area (Å²) in [6, 6.07) is 14.6. The second-order valence-electron chi connectivity index (χ2n) is 8.72. The van der Waals surface area contributed by atoms with Gasteiger partial charge < -0.3 is 4.98 Å². The van der Waals surface area contributed by atoms with Crippen molar-refractivity contribution in [1.82, 2.24) is 15.0 Å². The number of allylic oxidation sites excluding steroid dienone is 1. The summed E-state index contributed by atoms with van der Waals surface area (Å²) in [5, 5.41) is 11.7. The van der Waals surface area contributed by atoms with E-state index in [0.717, 1.165) is 41.2 Å². The van der Waals surface area contributed by atoms with Gasteiger partial charge in [0.25, 0.3) is 5.91 Å². The summed E-state index contributed by atoms with van der Waals surface area (Å²) in [7, 11) is 0. The number of imidazole rings is 1. The van der Waals surface area contributed by atoms with Crippen LogP contribution in [0.5, 0.6) is 0 Å². The third-order valence-corrected chi connectivity index (χ3v) is 9.02. The molecule has 2 atom stereocenters. The topological polar surface area (TPSA) is 61.4 Å². The van der Waals surface area contributed by atoms with Crippen LogP contribution in [-0.4, -0.2) is 32.3 Å². The number of hydrogen-bond donors (Lipinski definition) is 1. The van der Waals surface area contributed by atoms with Gasteiger partial charge in [0.15, 0.2) is 5.16 Å². The zero-order chi connectivity index (χ0) is 23.1. The molecular weight excluding hydrogens is 481 g/mol. The molecule has 1 N–H and O–H groups in total. The average Bonchev–Trinajstić information content (AvgIpc) is 3.63. The summed E-state index contributed by atoms with van der Waals surface area (Å²) in [4.78, 5) is 23.9. The minimum absolute atomic E-state index is 0.0199. The van der Waals surface area contributed by atoms with Gasteiger partial charge >= 0.3 is 0 Å². The van der Waals surface area contributed by atoms with Crippen molar-refractivity contribution in [1.29, 1.82) is 0 Å². The quantitative estimate of drug-likeness (QED) is 0.300. The first-order chi connectivity index (χ1) is 16.7. The standard InChI is InChI=1S/C26H24N4OS3/c1-16-9-10-20-21(13-16)28-26(27-20)34-15-23(31)30-25(22-8-4-12-33-22)19-7-2-5-17(24(19)29-30)14-18-6-3-11-32-18/h3-4,6,8-14,19,25H,2,5,7,15H2,1H3,(H,27,28)/b17-14-/t19-,25-/m1/s1. The fourth-order valence-corrected chi connectivity index (χ4v) is 7.15. The highest BCUT2D eigenvalue weighted by Gasteiger charge is 2.44. The van der Waals surface area contributed by atoms with E-state index in [2.05, 4.69) is 70.1 Å². The smallest absolute Gasteiger partial charge is 0.253 e. The maximum atomic E-state index is 13.5. The number of fused-ring (bicyclic) bond motifs is 2. The van der Waals surface area contributed by atoms with Crippen LogP contribution in [0.2, 0.25) is 0 Å².